The van der Waals surface area contributed by atoms with Crippen LogP contribution in [0.15, 0.2) is 0 Å². The second-order valence-corrected chi connectivity index (χ2v) is 6.54. The zero-order valence-electron chi connectivity index (χ0n) is 13.8. The lowest BCUT2D eigenvalue weighted by molar-refractivity contribution is 0.293. The topological polar surface area (TPSA) is 15.3 Å². The molecule has 0 aromatic heterocycles. The fourth-order valence-corrected chi connectivity index (χ4v) is 3.35. The molecule has 0 aromatic rings. The first-order valence-corrected chi connectivity index (χ1v) is 8.63. The van der Waals surface area contributed by atoms with Gasteiger partial charge in [-0.15, -0.1) is 0 Å². The van der Waals surface area contributed by atoms with Crippen molar-refractivity contribution < 1.29 is 0 Å². The van der Waals surface area contributed by atoms with Gasteiger partial charge in [0.2, 0.25) is 0 Å². The van der Waals surface area contributed by atoms with Crippen LogP contribution in [0.25, 0.3) is 0 Å². The van der Waals surface area contributed by atoms with Crippen LogP contribution in [-0.4, -0.2) is 37.1 Å². The Labute approximate surface area is 121 Å². The largest absolute Gasteiger partial charge is 0.314 e. The molecule has 2 heteroatoms. The molecule has 0 bridgehead atoms. The first-order chi connectivity index (χ1) is 9.17. The second kappa shape index (κ2) is 9.77. The predicted molar refractivity (Wildman–Crippen MR) is 85.6 cm³/mol. The number of hydrogen-bond acceptors (Lipinski definition) is 2. The Hall–Kier alpha value is -0.0800. The number of nitrogens with one attached hydrogen (secondary N) is 1. The van der Waals surface area contributed by atoms with E-state index in [0.717, 1.165) is 17.9 Å². The molecule has 0 radical (unpaired) electrons. The maximum Gasteiger partial charge on any atom is 0.00671 e. The molecule has 114 valence electrons. The fraction of sp³-hybridized carbons (Fsp3) is 1.00. The molecular weight excluding hydrogens is 232 g/mol. The van der Waals surface area contributed by atoms with Crippen LogP contribution in [0.1, 0.15) is 66.2 Å². The van der Waals surface area contributed by atoms with Gasteiger partial charge in [-0.25, -0.2) is 0 Å². The summed E-state index contributed by atoms with van der Waals surface area (Å²) in [5.74, 6) is 1.85. The highest BCUT2D eigenvalue weighted by atomic mass is 15.1. The van der Waals surface area contributed by atoms with Gasteiger partial charge >= 0.3 is 0 Å². The van der Waals surface area contributed by atoms with Crippen molar-refractivity contribution in [3.05, 3.63) is 0 Å². The average molecular weight is 268 g/mol. The first kappa shape index (κ1) is 17.0. The third-order valence-electron chi connectivity index (χ3n) is 4.93. The fourth-order valence-electron chi connectivity index (χ4n) is 3.35. The van der Waals surface area contributed by atoms with Gasteiger partial charge in [-0.05, 0) is 63.7 Å². The van der Waals surface area contributed by atoms with Crippen LogP contribution in [0.5, 0.6) is 0 Å². The molecule has 2 atom stereocenters. The van der Waals surface area contributed by atoms with E-state index in [1.54, 1.807) is 0 Å². The molecule has 0 saturated heterocycles. The van der Waals surface area contributed by atoms with E-state index in [1.165, 1.54) is 64.7 Å². The van der Waals surface area contributed by atoms with E-state index in [2.05, 4.69) is 37.9 Å². The van der Waals surface area contributed by atoms with Crippen molar-refractivity contribution in [2.75, 3.05) is 26.2 Å². The molecule has 19 heavy (non-hydrogen) atoms. The highest BCUT2D eigenvalue weighted by Crippen LogP contribution is 2.28. The summed E-state index contributed by atoms with van der Waals surface area (Å²) in [6.07, 6.45) is 8.41. The van der Waals surface area contributed by atoms with Crippen LogP contribution in [0.4, 0.5) is 0 Å². The third-order valence-corrected chi connectivity index (χ3v) is 4.93. The van der Waals surface area contributed by atoms with Crippen molar-refractivity contribution in [1.82, 2.24) is 10.2 Å². The van der Waals surface area contributed by atoms with E-state index in [-0.39, 0.29) is 0 Å². The maximum absolute atomic E-state index is 3.80. The summed E-state index contributed by atoms with van der Waals surface area (Å²) in [5.41, 5.74) is 0. The molecule has 1 aliphatic rings. The van der Waals surface area contributed by atoms with Crippen LogP contribution in [0.2, 0.25) is 0 Å². The lowest BCUT2D eigenvalue weighted by atomic mass is 9.89. The molecule has 1 fully saturated rings. The van der Waals surface area contributed by atoms with E-state index < -0.39 is 0 Å². The number of rotatable bonds is 8. The van der Waals surface area contributed by atoms with E-state index >= 15 is 0 Å². The van der Waals surface area contributed by atoms with Crippen LogP contribution in [0.3, 0.4) is 0 Å². The summed E-state index contributed by atoms with van der Waals surface area (Å²) in [7, 11) is 0. The lowest BCUT2D eigenvalue weighted by Gasteiger charge is -2.21. The van der Waals surface area contributed by atoms with Crippen molar-refractivity contribution >= 4 is 0 Å². The molecule has 0 spiro atoms. The molecule has 1 N–H and O–H groups in total. The predicted octanol–water partition coefficient (Wildman–Crippen LogP) is 3.91. The Morgan fingerprint density at radius 2 is 1.79 bits per heavy atom. The molecule has 0 aromatic carbocycles. The van der Waals surface area contributed by atoms with Gasteiger partial charge in [-0.1, -0.05) is 40.5 Å². The highest BCUT2D eigenvalue weighted by Gasteiger charge is 2.20. The number of nitrogens with zero attached hydrogens (tertiary/aromatic N) is 1. The van der Waals surface area contributed by atoms with E-state index in [9.17, 15) is 0 Å². The van der Waals surface area contributed by atoms with Gasteiger partial charge in [-0.2, -0.15) is 0 Å². The molecule has 0 amide bonds. The zero-order valence-corrected chi connectivity index (χ0v) is 13.8. The summed E-state index contributed by atoms with van der Waals surface area (Å²) in [5, 5.41) is 3.80. The maximum atomic E-state index is 3.80. The summed E-state index contributed by atoms with van der Waals surface area (Å²) in [4.78, 5) is 2.52. The van der Waals surface area contributed by atoms with Gasteiger partial charge in [0.1, 0.15) is 0 Å². The smallest absolute Gasteiger partial charge is 0.00671 e. The Balaban J connectivity index is 2.13. The Morgan fingerprint density at radius 1 is 1.05 bits per heavy atom. The van der Waals surface area contributed by atoms with Crippen molar-refractivity contribution in [1.29, 1.82) is 0 Å². The van der Waals surface area contributed by atoms with Crippen LogP contribution < -0.4 is 5.32 Å². The average Bonchev–Trinajstić information content (AvgIpc) is 2.64. The quantitative estimate of drug-likeness (QED) is 0.530. The van der Waals surface area contributed by atoms with Crippen molar-refractivity contribution in [3.8, 4) is 0 Å². The molecule has 1 aliphatic carbocycles. The van der Waals surface area contributed by atoms with Crippen molar-refractivity contribution in [2.45, 2.75) is 72.3 Å². The monoisotopic (exact) mass is 268 g/mol. The van der Waals surface area contributed by atoms with E-state index in [1.807, 2.05) is 0 Å². The standard InChI is InChI=1S/C17H36N2/c1-5-19(6-2)14-8-13-18-17-10-7-9-16(11-12-17)15(3)4/h15-18H,5-14H2,1-4H3. The van der Waals surface area contributed by atoms with Crippen LogP contribution in [-0.2, 0) is 0 Å². The van der Waals surface area contributed by atoms with Crippen LogP contribution in [0, 0.1) is 11.8 Å². The molecule has 1 rings (SSSR count). The normalized spacial score (nSPS) is 24.9. The lowest BCUT2D eigenvalue weighted by Crippen LogP contribution is -2.32. The minimum atomic E-state index is 0.792. The van der Waals surface area contributed by atoms with Gasteiger partial charge in [0.15, 0.2) is 0 Å². The highest BCUT2D eigenvalue weighted by molar-refractivity contribution is 4.76. The first-order valence-electron chi connectivity index (χ1n) is 8.63. The van der Waals surface area contributed by atoms with E-state index in [4.69, 9.17) is 0 Å². The third kappa shape index (κ3) is 6.76. The summed E-state index contributed by atoms with van der Waals surface area (Å²) >= 11 is 0. The Kier molecular flexibility index (Phi) is 8.72. The summed E-state index contributed by atoms with van der Waals surface area (Å²) in [6.45, 7) is 14.1. The molecule has 0 heterocycles. The van der Waals surface area contributed by atoms with E-state index in [0.29, 0.717) is 0 Å². The number of hydrogen-bond donors (Lipinski definition) is 1. The van der Waals surface area contributed by atoms with Crippen molar-refractivity contribution in [2.24, 2.45) is 11.8 Å². The Morgan fingerprint density at radius 3 is 2.42 bits per heavy atom. The minimum Gasteiger partial charge on any atom is -0.314 e. The molecule has 1 saturated carbocycles. The molecular formula is C17H36N2. The van der Waals surface area contributed by atoms with Gasteiger partial charge in [0.05, 0.1) is 0 Å². The van der Waals surface area contributed by atoms with Crippen molar-refractivity contribution in [3.63, 3.8) is 0 Å². The molecule has 2 nitrogen and oxygen atoms in total. The van der Waals surface area contributed by atoms with Gasteiger partial charge in [-0.3, -0.25) is 0 Å². The van der Waals surface area contributed by atoms with Gasteiger partial charge in [0, 0.05) is 6.04 Å². The Bertz CT molecular complexity index is 211. The summed E-state index contributed by atoms with van der Waals surface area (Å²) < 4.78 is 0. The second-order valence-electron chi connectivity index (χ2n) is 6.54. The van der Waals surface area contributed by atoms with Gasteiger partial charge < -0.3 is 10.2 Å². The summed E-state index contributed by atoms with van der Waals surface area (Å²) in [6, 6.07) is 0.792. The molecule has 2 unspecified atom stereocenters. The van der Waals surface area contributed by atoms with Gasteiger partial charge in [0.25, 0.3) is 0 Å². The SMILES string of the molecule is CCN(CC)CCCNC1CCCC(C(C)C)CC1. The minimum absolute atomic E-state index is 0.792. The molecule has 0 aliphatic heterocycles. The zero-order chi connectivity index (χ0) is 14.1. The van der Waals surface area contributed by atoms with Crippen LogP contribution >= 0.6 is 0 Å².